The minimum absolute atomic E-state index is 0.00113. The zero-order valence-corrected chi connectivity index (χ0v) is 14.7. The summed E-state index contributed by atoms with van der Waals surface area (Å²) in [6.07, 6.45) is -0.0126. The highest BCUT2D eigenvalue weighted by atomic mass is 35.5. The van der Waals surface area contributed by atoms with Crippen LogP contribution in [0.4, 0.5) is 8.78 Å². The Labute approximate surface area is 154 Å². The van der Waals surface area contributed by atoms with E-state index in [4.69, 9.17) is 16.3 Å². The molecule has 0 heterocycles. The van der Waals surface area contributed by atoms with E-state index in [-0.39, 0.29) is 31.0 Å². The van der Waals surface area contributed by atoms with Crippen LogP contribution in [0.1, 0.15) is 22.3 Å². The van der Waals surface area contributed by atoms with Gasteiger partial charge in [-0.2, -0.15) is 0 Å². The first-order valence-electron chi connectivity index (χ1n) is 7.73. The molecule has 138 valence electrons. The van der Waals surface area contributed by atoms with E-state index in [1.54, 1.807) is 18.2 Å². The number of hydrogen-bond donors (Lipinski definition) is 2. The molecule has 2 aromatic carbocycles. The van der Waals surface area contributed by atoms with Gasteiger partial charge in [-0.15, -0.1) is 0 Å². The predicted molar refractivity (Wildman–Crippen MR) is 93.2 cm³/mol. The van der Waals surface area contributed by atoms with Crippen molar-refractivity contribution in [1.82, 2.24) is 10.6 Å². The number of hydrogen-bond acceptors (Lipinski definition) is 3. The van der Waals surface area contributed by atoms with Crippen LogP contribution in [0, 0.1) is 11.6 Å². The third-order valence-electron chi connectivity index (χ3n) is 3.57. The van der Waals surface area contributed by atoms with Crippen molar-refractivity contribution < 1.29 is 23.1 Å². The lowest BCUT2D eigenvalue weighted by Gasteiger charge is -2.11. The van der Waals surface area contributed by atoms with Crippen LogP contribution >= 0.6 is 11.6 Å². The summed E-state index contributed by atoms with van der Waals surface area (Å²) < 4.78 is 31.5. The summed E-state index contributed by atoms with van der Waals surface area (Å²) in [5.41, 5.74) is 0.357. The molecule has 0 saturated heterocycles. The zero-order chi connectivity index (χ0) is 19.1. The molecular weight excluding hydrogens is 366 g/mol. The van der Waals surface area contributed by atoms with Crippen molar-refractivity contribution in [2.75, 3.05) is 13.7 Å². The summed E-state index contributed by atoms with van der Waals surface area (Å²) in [5, 5.41) is 5.54. The summed E-state index contributed by atoms with van der Waals surface area (Å²) in [6, 6.07) is 7.80. The standard InChI is InChI=1S/C18H17ClF2N2O3/c1-26-16-4-2-3-14(19)13(16)10-23-17(24)7-8-22-18(25)12-6-5-11(20)9-15(12)21/h2-6,9H,7-8,10H2,1H3,(H,22,25)(H,23,24). The molecule has 0 aromatic heterocycles. The maximum atomic E-state index is 13.5. The second-order valence-electron chi connectivity index (χ2n) is 5.33. The molecule has 2 rings (SSSR count). The average Bonchev–Trinajstić information content (AvgIpc) is 2.60. The van der Waals surface area contributed by atoms with Crippen LogP contribution < -0.4 is 15.4 Å². The number of benzene rings is 2. The van der Waals surface area contributed by atoms with Crippen LogP contribution in [-0.4, -0.2) is 25.5 Å². The van der Waals surface area contributed by atoms with Crippen LogP contribution in [0.5, 0.6) is 5.75 Å². The van der Waals surface area contributed by atoms with E-state index in [0.717, 1.165) is 12.1 Å². The average molecular weight is 383 g/mol. The first kappa shape index (κ1) is 19.7. The molecule has 0 radical (unpaired) electrons. The normalized spacial score (nSPS) is 10.3. The first-order chi connectivity index (χ1) is 12.4. The Morgan fingerprint density at radius 2 is 1.92 bits per heavy atom. The van der Waals surface area contributed by atoms with E-state index in [2.05, 4.69) is 10.6 Å². The van der Waals surface area contributed by atoms with Crippen LogP contribution in [0.25, 0.3) is 0 Å². The quantitative estimate of drug-likeness (QED) is 0.773. The van der Waals surface area contributed by atoms with Gasteiger partial charge in [0.05, 0.1) is 12.7 Å². The van der Waals surface area contributed by atoms with Gasteiger partial charge >= 0.3 is 0 Å². The lowest BCUT2D eigenvalue weighted by molar-refractivity contribution is -0.121. The molecule has 0 fully saturated rings. The molecule has 0 spiro atoms. The van der Waals surface area contributed by atoms with Crippen LogP contribution in [0.15, 0.2) is 36.4 Å². The van der Waals surface area contributed by atoms with Gasteiger partial charge in [-0.3, -0.25) is 9.59 Å². The van der Waals surface area contributed by atoms with Gasteiger partial charge in [0.2, 0.25) is 5.91 Å². The van der Waals surface area contributed by atoms with Crippen molar-refractivity contribution >= 4 is 23.4 Å². The highest BCUT2D eigenvalue weighted by Crippen LogP contribution is 2.25. The van der Waals surface area contributed by atoms with Gasteiger partial charge in [-0.05, 0) is 24.3 Å². The van der Waals surface area contributed by atoms with Crippen molar-refractivity contribution in [3.8, 4) is 5.75 Å². The van der Waals surface area contributed by atoms with Gasteiger partial charge in [-0.25, -0.2) is 8.78 Å². The third-order valence-corrected chi connectivity index (χ3v) is 3.93. The molecule has 2 amide bonds. The summed E-state index contributed by atoms with van der Waals surface area (Å²) in [5.74, 6) is -2.22. The van der Waals surface area contributed by atoms with Gasteiger partial charge < -0.3 is 15.4 Å². The maximum Gasteiger partial charge on any atom is 0.254 e. The monoisotopic (exact) mass is 382 g/mol. The number of rotatable bonds is 7. The highest BCUT2D eigenvalue weighted by Gasteiger charge is 2.13. The molecule has 0 saturated carbocycles. The summed E-state index contributed by atoms with van der Waals surface area (Å²) in [6.45, 7) is 0.170. The fourth-order valence-corrected chi connectivity index (χ4v) is 2.47. The minimum atomic E-state index is -0.960. The van der Waals surface area contributed by atoms with Crippen molar-refractivity contribution in [3.05, 3.63) is 64.2 Å². The second kappa shape index (κ2) is 9.15. The molecule has 0 atom stereocenters. The van der Waals surface area contributed by atoms with E-state index in [0.29, 0.717) is 22.4 Å². The molecule has 2 aromatic rings. The molecule has 0 unspecified atom stereocenters. The molecule has 0 aliphatic carbocycles. The molecule has 0 aliphatic rings. The number of ether oxygens (including phenoxy) is 1. The van der Waals surface area contributed by atoms with E-state index < -0.39 is 17.5 Å². The Balaban J connectivity index is 1.81. The smallest absolute Gasteiger partial charge is 0.254 e. The zero-order valence-electron chi connectivity index (χ0n) is 13.9. The molecule has 0 aliphatic heterocycles. The number of halogens is 3. The van der Waals surface area contributed by atoms with Gasteiger partial charge in [0, 0.05) is 36.2 Å². The Kier molecular flexibility index (Phi) is 6.91. The topological polar surface area (TPSA) is 67.4 Å². The van der Waals surface area contributed by atoms with E-state index in [1.165, 1.54) is 7.11 Å². The number of amides is 2. The first-order valence-corrected chi connectivity index (χ1v) is 8.11. The lowest BCUT2D eigenvalue weighted by Crippen LogP contribution is -2.31. The Hall–Kier alpha value is -2.67. The lowest BCUT2D eigenvalue weighted by atomic mass is 10.2. The van der Waals surface area contributed by atoms with Gasteiger partial charge in [-0.1, -0.05) is 17.7 Å². The fraction of sp³-hybridized carbons (Fsp3) is 0.222. The number of carbonyl (C=O) groups is 2. The largest absolute Gasteiger partial charge is 0.496 e. The van der Waals surface area contributed by atoms with E-state index >= 15 is 0 Å². The minimum Gasteiger partial charge on any atom is -0.496 e. The van der Waals surface area contributed by atoms with Crippen LogP contribution in [-0.2, 0) is 11.3 Å². The molecule has 26 heavy (non-hydrogen) atoms. The van der Waals surface area contributed by atoms with Gasteiger partial charge in [0.25, 0.3) is 5.91 Å². The van der Waals surface area contributed by atoms with E-state index in [1.807, 2.05) is 0 Å². The summed E-state index contributed by atoms with van der Waals surface area (Å²) in [4.78, 5) is 23.7. The predicted octanol–water partition coefficient (Wildman–Crippen LogP) is 3.06. The maximum absolute atomic E-state index is 13.5. The molecule has 0 bridgehead atoms. The Morgan fingerprint density at radius 1 is 1.15 bits per heavy atom. The highest BCUT2D eigenvalue weighted by molar-refractivity contribution is 6.31. The molecular formula is C18H17ClF2N2O3. The van der Waals surface area contributed by atoms with Crippen molar-refractivity contribution in [1.29, 1.82) is 0 Å². The van der Waals surface area contributed by atoms with Gasteiger partial charge in [0.1, 0.15) is 17.4 Å². The Bertz CT molecular complexity index is 815. The second-order valence-corrected chi connectivity index (χ2v) is 5.73. The van der Waals surface area contributed by atoms with Crippen LogP contribution in [0.3, 0.4) is 0 Å². The van der Waals surface area contributed by atoms with Crippen LogP contribution in [0.2, 0.25) is 5.02 Å². The number of methoxy groups -OCH3 is 1. The molecule has 5 nitrogen and oxygen atoms in total. The van der Waals surface area contributed by atoms with E-state index in [9.17, 15) is 18.4 Å². The van der Waals surface area contributed by atoms with Gasteiger partial charge in [0.15, 0.2) is 0 Å². The van der Waals surface area contributed by atoms with Crippen molar-refractivity contribution in [2.45, 2.75) is 13.0 Å². The SMILES string of the molecule is COc1cccc(Cl)c1CNC(=O)CCNC(=O)c1ccc(F)cc1F. The number of nitrogens with one attached hydrogen (secondary N) is 2. The molecule has 2 N–H and O–H groups in total. The third kappa shape index (κ3) is 5.16. The fourth-order valence-electron chi connectivity index (χ4n) is 2.24. The molecule has 8 heteroatoms. The Morgan fingerprint density at radius 3 is 2.62 bits per heavy atom. The van der Waals surface area contributed by atoms with Crippen molar-refractivity contribution in [3.63, 3.8) is 0 Å². The number of carbonyl (C=O) groups excluding carboxylic acids is 2. The summed E-state index contributed by atoms with van der Waals surface area (Å²) >= 11 is 6.08. The van der Waals surface area contributed by atoms with Crippen molar-refractivity contribution in [2.24, 2.45) is 0 Å². The summed E-state index contributed by atoms with van der Waals surface area (Å²) in [7, 11) is 1.50.